The number of aromatic nitrogens is 4. The number of hydrogen-bond donors (Lipinski definition) is 2. The molecule has 9 nitrogen and oxygen atoms in total. The second-order valence-electron chi connectivity index (χ2n) is 8.23. The van der Waals surface area contributed by atoms with E-state index in [1.165, 1.54) is 5.56 Å². The Morgan fingerprint density at radius 1 is 1.28 bits per heavy atom. The highest BCUT2D eigenvalue weighted by Crippen LogP contribution is 2.30. The standard InChI is InChI=1S/C21H27FN6O3S/c1-12(2)32(29,30)24-6-4-7-28-17(25-18-19(23)26-21(22)27-20(18)28)11-15-10-16-14(5-8-31-16)9-13(15)3/h9-10,12,24H,4-8,11H2,1-3H3,(H2,23,26,27). The molecule has 1 aliphatic rings. The summed E-state index contributed by atoms with van der Waals surface area (Å²) in [5, 5.41) is -0.515. The van der Waals surface area contributed by atoms with Crippen LogP contribution in [0.1, 0.15) is 42.8 Å². The van der Waals surface area contributed by atoms with Crippen molar-refractivity contribution in [2.75, 3.05) is 18.9 Å². The summed E-state index contributed by atoms with van der Waals surface area (Å²) in [7, 11) is -3.36. The van der Waals surface area contributed by atoms with E-state index in [1.807, 2.05) is 13.0 Å². The summed E-state index contributed by atoms with van der Waals surface area (Å²) in [4.78, 5) is 12.1. The Kier molecular flexibility index (Phi) is 6.04. The van der Waals surface area contributed by atoms with Gasteiger partial charge in [0.2, 0.25) is 10.0 Å². The Bertz CT molecular complexity index is 1270. The molecule has 0 atom stereocenters. The third-order valence-electron chi connectivity index (χ3n) is 5.65. The number of imidazole rings is 1. The van der Waals surface area contributed by atoms with E-state index in [0.717, 1.165) is 23.3 Å². The molecule has 0 saturated carbocycles. The van der Waals surface area contributed by atoms with Crippen LogP contribution >= 0.6 is 0 Å². The summed E-state index contributed by atoms with van der Waals surface area (Å²) in [6.45, 7) is 6.59. The summed E-state index contributed by atoms with van der Waals surface area (Å²) >= 11 is 0. The monoisotopic (exact) mass is 462 g/mol. The Morgan fingerprint density at radius 2 is 2.06 bits per heavy atom. The van der Waals surface area contributed by atoms with Gasteiger partial charge in [0.15, 0.2) is 17.0 Å². The number of halogens is 1. The van der Waals surface area contributed by atoms with Crippen LogP contribution in [-0.2, 0) is 29.4 Å². The van der Waals surface area contributed by atoms with Crippen LogP contribution in [0.4, 0.5) is 10.2 Å². The Balaban J connectivity index is 1.64. The summed E-state index contributed by atoms with van der Waals surface area (Å²) < 4.78 is 48.0. The minimum atomic E-state index is -3.36. The van der Waals surface area contributed by atoms with Gasteiger partial charge in [-0.3, -0.25) is 0 Å². The Labute approximate surface area is 186 Å². The van der Waals surface area contributed by atoms with E-state index < -0.39 is 21.4 Å². The number of benzene rings is 1. The van der Waals surface area contributed by atoms with Crippen LogP contribution in [0, 0.1) is 13.0 Å². The first-order chi connectivity index (χ1) is 15.2. The van der Waals surface area contributed by atoms with Crippen molar-refractivity contribution < 1.29 is 17.5 Å². The quantitative estimate of drug-likeness (QED) is 0.388. The van der Waals surface area contributed by atoms with E-state index in [4.69, 9.17) is 10.5 Å². The number of nitrogens with one attached hydrogen (secondary N) is 1. The first-order valence-electron chi connectivity index (χ1n) is 10.6. The lowest BCUT2D eigenvalue weighted by atomic mass is 10.0. The van der Waals surface area contributed by atoms with Gasteiger partial charge in [-0.1, -0.05) is 6.07 Å². The molecule has 1 aliphatic heterocycles. The molecule has 0 spiro atoms. The zero-order valence-electron chi connectivity index (χ0n) is 18.4. The van der Waals surface area contributed by atoms with Crippen LogP contribution in [0.25, 0.3) is 11.2 Å². The maximum absolute atomic E-state index is 13.9. The van der Waals surface area contributed by atoms with E-state index in [-0.39, 0.29) is 12.4 Å². The molecule has 3 N–H and O–H groups in total. The number of fused-ring (bicyclic) bond motifs is 2. The number of nitrogen functional groups attached to an aromatic ring is 1. The predicted molar refractivity (Wildman–Crippen MR) is 120 cm³/mol. The molecular formula is C21H27FN6O3S. The molecule has 0 amide bonds. The van der Waals surface area contributed by atoms with E-state index in [9.17, 15) is 12.8 Å². The molecule has 1 aromatic carbocycles. The van der Waals surface area contributed by atoms with Gasteiger partial charge in [0, 0.05) is 25.9 Å². The van der Waals surface area contributed by atoms with Gasteiger partial charge < -0.3 is 15.0 Å². The zero-order chi connectivity index (χ0) is 23.0. The Hall–Kier alpha value is -2.79. The predicted octanol–water partition coefficient (Wildman–Crippen LogP) is 2.10. The van der Waals surface area contributed by atoms with E-state index >= 15 is 0 Å². The lowest BCUT2D eigenvalue weighted by Crippen LogP contribution is -2.32. The number of nitrogens with zero attached hydrogens (tertiary/aromatic N) is 4. The average Bonchev–Trinajstić information content (AvgIpc) is 3.30. The van der Waals surface area contributed by atoms with Crippen LogP contribution in [0.15, 0.2) is 12.1 Å². The SMILES string of the molecule is Cc1cc2c(cc1Cc1nc3c(N)nc(F)nc3n1CCCNS(=O)(=O)C(C)C)OCC2. The fourth-order valence-electron chi connectivity index (χ4n) is 3.78. The third-order valence-corrected chi connectivity index (χ3v) is 7.50. The highest BCUT2D eigenvalue weighted by molar-refractivity contribution is 7.90. The topological polar surface area (TPSA) is 125 Å². The number of hydrogen-bond acceptors (Lipinski definition) is 7. The fraction of sp³-hybridized carbons (Fsp3) is 0.476. The minimum absolute atomic E-state index is 0.0259. The van der Waals surface area contributed by atoms with Crippen molar-refractivity contribution in [1.82, 2.24) is 24.2 Å². The third kappa shape index (κ3) is 4.40. The lowest BCUT2D eigenvalue weighted by Gasteiger charge is -2.13. The van der Waals surface area contributed by atoms with Gasteiger partial charge in [-0.15, -0.1) is 0 Å². The largest absolute Gasteiger partial charge is 0.493 e. The van der Waals surface area contributed by atoms with E-state index in [1.54, 1.807) is 18.4 Å². The summed E-state index contributed by atoms with van der Waals surface area (Å²) in [6.07, 6.45) is 0.914. The summed E-state index contributed by atoms with van der Waals surface area (Å²) in [6, 6.07) is 4.15. The van der Waals surface area contributed by atoms with Crippen LogP contribution in [0.2, 0.25) is 0 Å². The molecule has 0 radical (unpaired) electrons. The van der Waals surface area contributed by atoms with E-state index in [0.29, 0.717) is 43.0 Å². The van der Waals surface area contributed by atoms with Gasteiger partial charge in [-0.25, -0.2) is 18.1 Å². The van der Waals surface area contributed by atoms with E-state index in [2.05, 4.69) is 25.7 Å². The van der Waals surface area contributed by atoms with Gasteiger partial charge in [-0.2, -0.15) is 14.4 Å². The van der Waals surface area contributed by atoms with Crippen molar-refractivity contribution in [3.8, 4) is 5.75 Å². The number of rotatable bonds is 8. The molecule has 2 aromatic heterocycles. The first-order valence-corrected chi connectivity index (χ1v) is 12.1. The molecule has 0 saturated heterocycles. The molecule has 172 valence electrons. The normalized spacial score (nSPS) is 13.7. The van der Waals surface area contributed by atoms with Crippen molar-refractivity contribution in [3.05, 3.63) is 40.7 Å². The maximum atomic E-state index is 13.9. The highest BCUT2D eigenvalue weighted by Gasteiger charge is 2.20. The van der Waals surface area contributed by atoms with Gasteiger partial charge >= 0.3 is 6.08 Å². The average molecular weight is 463 g/mol. The summed E-state index contributed by atoms with van der Waals surface area (Å²) in [5.74, 6) is 1.50. The zero-order valence-corrected chi connectivity index (χ0v) is 19.2. The number of nitrogens with two attached hydrogens (primary N) is 1. The van der Waals surface area contributed by atoms with Gasteiger partial charge in [0.1, 0.15) is 11.6 Å². The lowest BCUT2D eigenvalue weighted by molar-refractivity contribution is 0.356. The van der Waals surface area contributed by atoms with Gasteiger partial charge in [0.25, 0.3) is 0 Å². The summed E-state index contributed by atoms with van der Waals surface area (Å²) in [5.41, 5.74) is 9.87. The molecule has 3 aromatic rings. The second kappa shape index (κ2) is 8.62. The Morgan fingerprint density at radius 3 is 2.81 bits per heavy atom. The van der Waals surface area contributed by atoms with Crippen molar-refractivity contribution in [2.45, 2.75) is 51.8 Å². The molecule has 32 heavy (non-hydrogen) atoms. The molecule has 0 bridgehead atoms. The van der Waals surface area contributed by atoms with Crippen molar-refractivity contribution in [2.24, 2.45) is 0 Å². The van der Waals surface area contributed by atoms with Crippen molar-refractivity contribution in [1.29, 1.82) is 0 Å². The van der Waals surface area contributed by atoms with Crippen LogP contribution in [0.5, 0.6) is 5.75 Å². The first kappa shape index (κ1) is 22.4. The molecule has 11 heteroatoms. The maximum Gasteiger partial charge on any atom is 0.312 e. The second-order valence-corrected chi connectivity index (χ2v) is 10.6. The highest BCUT2D eigenvalue weighted by atomic mass is 32.2. The number of sulfonamides is 1. The number of anilines is 1. The number of ether oxygens (including phenoxy) is 1. The number of aryl methyl sites for hydroxylation is 2. The van der Waals surface area contributed by atoms with Gasteiger partial charge in [0.05, 0.1) is 11.9 Å². The van der Waals surface area contributed by atoms with Crippen LogP contribution in [0.3, 0.4) is 0 Å². The molecule has 0 fully saturated rings. The van der Waals surface area contributed by atoms with Gasteiger partial charge in [-0.05, 0) is 49.9 Å². The molecular weight excluding hydrogens is 435 g/mol. The molecule has 0 aliphatic carbocycles. The minimum Gasteiger partial charge on any atom is -0.493 e. The van der Waals surface area contributed by atoms with Crippen molar-refractivity contribution >= 4 is 27.0 Å². The van der Waals surface area contributed by atoms with Crippen LogP contribution < -0.4 is 15.2 Å². The fourth-order valence-corrected chi connectivity index (χ4v) is 4.54. The van der Waals surface area contributed by atoms with Crippen molar-refractivity contribution in [3.63, 3.8) is 0 Å². The molecule has 0 unspecified atom stereocenters. The molecule has 3 heterocycles. The molecule has 4 rings (SSSR count). The smallest absolute Gasteiger partial charge is 0.312 e. The van der Waals surface area contributed by atoms with Crippen LogP contribution in [-0.4, -0.2) is 46.3 Å².